The van der Waals surface area contributed by atoms with E-state index in [1.54, 1.807) is 6.92 Å². The topological polar surface area (TPSA) is 60.2 Å². The molecule has 0 amide bonds. The van der Waals surface area contributed by atoms with Gasteiger partial charge >= 0.3 is 0 Å². The Morgan fingerprint density at radius 3 is 2.41 bits per heavy atom. The van der Waals surface area contributed by atoms with Crippen molar-refractivity contribution in [2.75, 3.05) is 11.5 Å². The number of hydrogen-bond acceptors (Lipinski definition) is 3. The lowest BCUT2D eigenvalue weighted by Crippen LogP contribution is -2.14. The molecule has 17 heavy (non-hydrogen) atoms. The molecule has 3 nitrogen and oxygen atoms in total. The number of hydrogen-bond donors (Lipinski definition) is 1. The van der Waals surface area contributed by atoms with Crippen molar-refractivity contribution in [2.45, 2.75) is 25.8 Å². The van der Waals surface area contributed by atoms with Gasteiger partial charge in [-0.15, -0.1) is 0 Å². The van der Waals surface area contributed by atoms with E-state index < -0.39 is 9.84 Å². The lowest BCUT2D eigenvalue weighted by molar-refractivity contribution is 0.584. The van der Waals surface area contributed by atoms with Crippen LogP contribution in [0, 0.1) is 3.57 Å². The van der Waals surface area contributed by atoms with E-state index in [0.29, 0.717) is 12.8 Å². The van der Waals surface area contributed by atoms with E-state index >= 15 is 0 Å². The summed E-state index contributed by atoms with van der Waals surface area (Å²) in [6.07, 6.45) is 1.34. The predicted octanol–water partition coefficient (Wildman–Crippen LogP) is 2.51. The molecule has 1 aromatic carbocycles. The van der Waals surface area contributed by atoms with Crippen LogP contribution in [0.25, 0.3) is 0 Å². The van der Waals surface area contributed by atoms with Crippen LogP contribution in [0.3, 0.4) is 0 Å². The molecule has 0 heterocycles. The molecule has 1 atom stereocenters. The first-order chi connectivity index (χ1) is 7.94. The van der Waals surface area contributed by atoms with Crippen LogP contribution >= 0.6 is 22.6 Å². The van der Waals surface area contributed by atoms with Gasteiger partial charge in [0.1, 0.15) is 9.84 Å². The van der Waals surface area contributed by atoms with Crippen LogP contribution in [0.5, 0.6) is 0 Å². The Morgan fingerprint density at radius 1 is 1.29 bits per heavy atom. The maximum Gasteiger partial charge on any atom is 0.150 e. The smallest absolute Gasteiger partial charge is 0.150 e. The zero-order valence-electron chi connectivity index (χ0n) is 9.90. The van der Waals surface area contributed by atoms with E-state index in [1.165, 1.54) is 3.57 Å². The van der Waals surface area contributed by atoms with Crippen LogP contribution in [-0.2, 0) is 9.84 Å². The zero-order valence-corrected chi connectivity index (χ0v) is 12.9. The molecule has 0 aliphatic rings. The number of sulfone groups is 1. The largest absolute Gasteiger partial charge is 0.324 e. The fourth-order valence-electron chi connectivity index (χ4n) is 1.54. The molecule has 0 aliphatic heterocycles. The van der Waals surface area contributed by atoms with Crippen LogP contribution in [0.2, 0.25) is 0 Å². The highest BCUT2D eigenvalue weighted by Crippen LogP contribution is 2.17. The standard InChI is InChI=1S/C12H18INO2S/c1-2-17(15,16)9-3-4-12(14)10-5-7-11(13)8-6-10/h5-8,12H,2-4,9,14H2,1H3. The second-order valence-corrected chi connectivity index (χ2v) is 7.76. The highest BCUT2D eigenvalue weighted by atomic mass is 127. The van der Waals surface area contributed by atoms with Crippen molar-refractivity contribution in [1.82, 2.24) is 0 Å². The number of nitrogens with two attached hydrogens (primary N) is 1. The van der Waals surface area contributed by atoms with Gasteiger partial charge in [0.25, 0.3) is 0 Å². The Hall–Kier alpha value is -0.140. The minimum Gasteiger partial charge on any atom is -0.324 e. The molecule has 1 unspecified atom stereocenters. The molecule has 0 radical (unpaired) electrons. The Kier molecular flexibility index (Phi) is 5.88. The van der Waals surface area contributed by atoms with Gasteiger partial charge in [-0.2, -0.15) is 0 Å². The molecular formula is C12H18INO2S. The summed E-state index contributed by atoms with van der Waals surface area (Å²) in [5.41, 5.74) is 7.09. The third-order valence-electron chi connectivity index (χ3n) is 2.71. The van der Waals surface area contributed by atoms with Gasteiger partial charge in [-0.05, 0) is 53.1 Å². The molecule has 0 fully saturated rings. The van der Waals surface area contributed by atoms with Gasteiger partial charge in [0.2, 0.25) is 0 Å². The second kappa shape index (κ2) is 6.70. The first kappa shape index (κ1) is 14.9. The molecule has 1 aromatic rings. The molecule has 0 aromatic heterocycles. The third-order valence-corrected chi connectivity index (χ3v) is 5.22. The predicted molar refractivity (Wildman–Crippen MR) is 79.6 cm³/mol. The number of rotatable bonds is 6. The number of halogens is 1. The second-order valence-electron chi connectivity index (χ2n) is 4.04. The Morgan fingerprint density at radius 2 is 1.88 bits per heavy atom. The first-order valence-corrected chi connectivity index (χ1v) is 8.56. The molecule has 0 aliphatic carbocycles. The maximum atomic E-state index is 11.3. The van der Waals surface area contributed by atoms with Crippen molar-refractivity contribution in [3.63, 3.8) is 0 Å². The normalized spacial score (nSPS) is 13.6. The summed E-state index contributed by atoms with van der Waals surface area (Å²) in [4.78, 5) is 0. The van der Waals surface area contributed by atoms with Gasteiger partial charge in [0.15, 0.2) is 0 Å². The molecule has 0 bridgehead atoms. The maximum absolute atomic E-state index is 11.3. The molecular weight excluding hydrogens is 349 g/mol. The molecule has 1 rings (SSSR count). The van der Waals surface area contributed by atoms with Gasteiger partial charge in [-0.25, -0.2) is 8.42 Å². The fourth-order valence-corrected chi connectivity index (χ4v) is 2.80. The van der Waals surface area contributed by atoms with Gasteiger partial charge in [0, 0.05) is 15.4 Å². The lowest BCUT2D eigenvalue weighted by atomic mass is 10.0. The molecule has 0 saturated heterocycles. The lowest BCUT2D eigenvalue weighted by Gasteiger charge is -2.11. The highest BCUT2D eigenvalue weighted by Gasteiger charge is 2.10. The van der Waals surface area contributed by atoms with Gasteiger partial charge in [-0.1, -0.05) is 19.1 Å². The summed E-state index contributed by atoms with van der Waals surface area (Å²) in [6.45, 7) is 1.67. The van der Waals surface area contributed by atoms with Crippen molar-refractivity contribution >= 4 is 32.4 Å². The summed E-state index contributed by atoms with van der Waals surface area (Å²) >= 11 is 2.24. The van der Waals surface area contributed by atoms with Crippen molar-refractivity contribution in [3.8, 4) is 0 Å². The van der Waals surface area contributed by atoms with Crippen LogP contribution in [0.4, 0.5) is 0 Å². The van der Waals surface area contributed by atoms with Gasteiger partial charge in [0.05, 0.1) is 5.75 Å². The average molecular weight is 367 g/mol. The van der Waals surface area contributed by atoms with E-state index in [1.807, 2.05) is 24.3 Å². The molecule has 0 spiro atoms. The van der Waals surface area contributed by atoms with Crippen molar-refractivity contribution in [2.24, 2.45) is 5.73 Å². The first-order valence-electron chi connectivity index (χ1n) is 5.66. The van der Waals surface area contributed by atoms with Crippen LogP contribution < -0.4 is 5.73 Å². The SMILES string of the molecule is CCS(=O)(=O)CCCC(N)c1ccc(I)cc1. The minimum atomic E-state index is -2.86. The monoisotopic (exact) mass is 367 g/mol. The Labute approximate surface area is 117 Å². The van der Waals surface area contributed by atoms with Crippen LogP contribution in [0.15, 0.2) is 24.3 Å². The van der Waals surface area contributed by atoms with E-state index in [2.05, 4.69) is 22.6 Å². The van der Waals surface area contributed by atoms with E-state index in [4.69, 9.17) is 5.73 Å². The van der Waals surface area contributed by atoms with Crippen LogP contribution in [-0.4, -0.2) is 19.9 Å². The molecule has 2 N–H and O–H groups in total. The van der Waals surface area contributed by atoms with Crippen LogP contribution in [0.1, 0.15) is 31.4 Å². The van der Waals surface area contributed by atoms with Crippen molar-refractivity contribution < 1.29 is 8.42 Å². The summed E-state index contributed by atoms with van der Waals surface area (Å²) in [7, 11) is -2.86. The van der Waals surface area contributed by atoms with Crippen molar-refractivity contribution in [3.05, 3.63) is 33.4 Å². The summed E-state index contributed by atoms with van der Waals surface area (Å²) in [5, 5.41) is 0. The average Bonchev–Trinajstić information content (AvgIpc) is 2.29. The molecule has 0 saturated carbocycles. The summed E-state index contributed by atoms with van der Waals surface area (Å²) < 4.78 is 23.8. The van der Waals surface area contributed by atoms with E-state index in [9.17, 15) is 8.42 Å². The summed E-state index contributed by atoms with van der Waals surface area (Å²) in [5.74, 6) is 0.452. The van der Waals surface area contributed by atoms with Crippen molar-refractivity contribution in [1.29, 1.82) is 0 Å². The Bertz CT molecular complexity index is 442. The van der Waals surface area contributed by atoms with Gasteiger partial charge < -0.3 is 5.73 Å². The van der Waals surface area contributed by atoms with E-state index in [-0.39, 0.29) is 17.5 Å². The summed E-state index contributed by atoms with van der Waals surface area (Å²) in [6, 6.07) is 7.96. The third kappa shape index (κ3) is 5.35. The van der Waals surface area contributed by atoms with Gasteiger partial charge in [-0.3, -0.25) is 0 Å². The zero-order chi connectivity index (χ0) is 12.9. The Balaban J connectivity index is 2.45. The molecule has 5 heteroatoms. The minimum absolute atomic E-state index is 0.0703. The fraction of sp³-hybridized carbons (Fsp3) is 0.500. The molecule has 96 valence electrons. The van der Waals surface area contributed by atoms with E-state index in [0.717, 1.165) is 5.56 Å². The number of benzene rings is 1. The quantitative estimate of drug-likeness (QED) is 0.786. The highest BCUT2D eigenvalue weighted by molar-refractivity contribution is 14.1.